The topological polar surface area (TPSA) is 75.4 Å². The van der Waals surface area contributed by atoms with Crippen LogP contribution in [0.1, 0.15) is 47.0 Å². The molecule has 0 bridgehead atoms. The molecule has 2 unspecified atom stereocenters. The molecule has 0 aliphatic carbocycles. The summed E-state index contributed by atoms with van der Waals surface area (Å²) >= 11 is 0. The minimum absolute atomic E-state index is 0.196. The lowest BCUT2D eigenvalue weighted by atomic mass is 9.95. The Kier molecular flexibility index (Phi) is 5.24. The molecular formula is C11H24N2O2. The second kappa shape index (κ2) is 5.47. The highest BCUT2D eigenvalue weighted by atomic mass is 16.3. The average Bonchev–Trinajstić information content (AvgIpc) is 2.14. The van der Waals surface area contributed by atoms with Gasteiger partial charge < -0.3 is 16.2 Å². The Morgan fingerprint density at radius 1 is 1.40 bits per heavy atom. The second-order valence-corrected chi connectivity index (χ2v) is 4.70. The van der Waals surface area contributed by atoms with E-state index in [-0.39, 0.29) is 12.5 Å². The summed E-state index contributed by atoms with van der Waals surface area (Å²) in [6.45, 7) is 7.52. The van der Waals surface area contributed by atoms with E-state index in [1.165, 1.54) is 0 Å². The van der Waals surface area contributed by atoms with E-state index in [2.05, 4.69) is 5.32 Å². The highest BCUT2D eigenvalue weighted by Crippen LogP contribution is 2.10. The van der Waals surface area contributed by atoms with Crippen LogP contribution in [-0.4, -0.2) is 28.7 Å². The molecule has 0 fully saturated rings. The van der Waals surface area contributed by atoms with Gasteiger partial charge in [0.25, 0.3) is 0 Å². The zero-order chi connectivity index (χ0) is 12.1. The molecule has 0 saturated carbocycles. The molecule has 0 aromatic rings. The fraction of sp³-hybridized carbons (Fsp3) is 0.909. The third-order valence-corrected chi connectivity index (χ3v) is 2.68. The lowest BCUT2D eigenvalue weighted by Gasteiger charge is -2.27. The molecule has 0 aromatic carbocycles. The summed E-state index contributed by atoms with van der Waals surface area (Å²) in [6, 6.07) is 0. The number of hydrogen-bond donors (Lipinski definition) is 3. The number of carbonyl (C=O) groups excluding carboxylic acids is 1. The number of nitrogens with two attached hydrogens (primary N) is 1. The van der Waals surface area contributed by atoms with Crippen molar-refractivity contribution in [2.45, 2.75) is 58.1 Å². The van der Waals surface area contributed by atoms with Crippen LogP contribution >= 0.6 is 0 Å². The summed E-state index contributed by atoms with van der Waals surface area (Å²) < 4.78 is 0. The van der Waals surface area contributed by atoms with Crippen molar-refractivity contribution in [1.29, 1.82) is 0 Å². The Bertz CT molecular complexity index is 213. The van der Waals surface area contributed by atoms with Gasteiger partial charge in [0.2, 0.25) is 5.91 Å². The molecule has 4 N–H and O–H groups in total. The SMILES string of the molecule is CCCC(C)(N)C(=O)NCC(C)(O)CC. The molecule has 0 radical (unpaired) electrons. The smallest absolute Gasteiger partial charge is 0.239 e. The molecule has 90 valence electrons. The van der Waals surface area contributed by atoms with Crippen molar-refractivity contribution in [3.8, 4) is 0 Å². The Balaban J connectivity index is 4.14. The van der Waals surface area contributed by atoms with Crippen LogP contribution in [0.25, 0.3) is 0 Å². The van der Waals surface area contributed by atoms with Gasteiger partial charge in [-0.15, -0.1) is 0 Å². The number of nitrogens with one attached hydrogen (secondary N) is 1. The van der Waals surface area contributed by atoms with Gasteiger partial charge >= 0.3 is 0 Å². The predicted octanol–water partition coefficient (Wildman–Crippen LogP) is 0.781. The van der Waals surface area contributed by atoms with Crippen molar-refractivity contribution in [3.63, 3.8) is 0 Å². The molecule has 0 aromatic heterocycles. The van der Waals surface area contributed by atoms with Crippen LogP contribution in [0.2, 0.25) is 0 Å². The number of aliphatic hydroxyl groups is 1. The largest absolute Gasteiger partial charge is 0.388 e. The van der Waals surface area contributed by atoms with Crippen LogP contribution in [0, 0.1) is 0 Å². The normalized spacial score (nSPS) is 19.1. The Labute approximate surface area is 92.2 Å². The fourth-order valence-electron chi connectivity index (χ4n) is 1.23. The summed E-state index contributed by atoms with van der Waals surface area (Å²) in [5.41, 5.74) is 4.16. The minimum atomic E-state index is -0.849. The number of carbonyl (C=O) groups is 1. The third-order valence-electron chi connectivity index (χ3n) is 2.68. The van der Waals surface area contributed by atoms with E-state index in [0.29, 0.717) is 12.8 Å². The van der Waals surface area contributed by atoms with Crippen LogP contribution in [0.5, 0.6) is 0 Å². The van der Waals surface area contributed by atoms with Crippen molar-refractivity contribution in [2.75, 3.05) is 6.54 Å². The molecule has 0 spiro atoms. The predicted molar refractivity (Wildman–Crippen MR) is 61.4 cm³/mol. The van der Waals surface area contributed by atoms with Crippen molar-refractivity contribution in [3.05, 3.63) is 0 Å². The van der Waals surface area contributed by atoms with Crippen LogP contribution in [-0.2, 0) is 4.79 Å². The first kappa shape index (κ1) is 14.4. The first-order valence-electron chi connectivity index (χ1n) is 5.54. The first-order valence-corrected chi connectivity index (χ1v) is 5.54. The van der Waals surface area contributed by atoms with E-state index in [0.717, 1.165) is 6.42 Å². The lowest BCUT2D eigenvalue weighted by molar-refractivity contribution is -0.127. The number of amides is 1. The van der Waals surface area contributed by atoms with E-state index in [1.807, 2.05) is 13.8 Å². The monoisotopic (exact) mass is 216 g/mol. The van der Waals surface area contributed by atoms with E-state index < -0.39 is 11.1 Å². The maximum absolute atomic E-state index is 11.7. The van der Waals surface area contributed by atoms with Crippen LogP contribution in [0.4, 0.5) is 0 Å². The van der Waals surface area contributed by atoms with Gasteiger partial charge in [-0.3, -0.25) is 4.79 Å². The van der Waals surface area contributed by atoms with Gasteiger partial charge in [0, 0.05) is 6.54 Å². The summed E-state index contributed by atoms with van der Waals surface area (Å²) in [6.07, 6.45) is 2.11. The van der Waals surface area contributed by atoms with Crippen molar-refractivity contribution in [1.82, 2.24) is 5.32 Å². The van der Waals surface area contributed by atoms with Gasteiger partial charge in [0.15, 0.2) is 0 Å². The van der Waals surface area contributed by atoms with Gasteiger partial charge in [-0.1, -0.05) is 20.3 Å². The molecule has 0 aliphatic rings. The molecule has 1 amide bonds. The molecule has 4 nitrogen and oxygen atoms in total. The molecule has 0 rings (SSSR count). The minimum Gasteiger partial charge on any atom is -0.388 e. The van der Waals surface area contributed by atoms with Crippen molar-refractivity contribution < 1.29 is 9.90 Å². The highest BCUT2D eigenvalue weighted by molar-refractivity contribution is 5.85. The average molecular weight is 216 g/mol. The summed E-state index contributed by atoms with van der Waals surface area (Å²) in [5.74, 6) is -0.196. The summed E-state index contributed by atoms with van der Waals surface area (Å²) in [5, 5.41) is 12.4. The van der Waals surface area contributed by atoms with E-state index >= 15 is 0 Å². The fourth-order valence-corrected chi connectivity index (χ4v) is 1.23. The molecule has 0 aliphatic heterocycles. The van der Waals surface area contributed by atoms with Crippen molar-refractivity contribution in [2.24, 2.45) is 5.73 Å². The number of rotatable bonds is 6. The molecule has 0 saturated heterocycles. The maximum Gasteiger partial charge on any atom is 0.239 e. The second-order valence-electron chi connectivity index (χ2n) is 4.70. The molecular weight excluding hydrogens is 192 g/mol. The molecule has 2 atom stereocenters. The Hall–Kier alpha value is -0.610. The molecule has 15 heavy (non-hydrogen) atoms. The molecule has 0 heterocycles. The zero-order valence-corrected chi connectivity index (χ0v) is 10.3. The highest BCUT2D eigenvalue weighted by Gasteiger charge is 2.28. The summed E-state index contributed by atoms with van der Waals surface area (Å²) in [4.78, 5) is 11.7. The molecule has 4 heteroatoms. The van der Waals surface area contributed by atoms with Gasteiger partial charge in [0.1, 0.15) is 0 Å². The van der Waals surface area contributed by atoms with E-state index in [9.17, 15) is 9.90 Å². The maximum atomic E-state index is 11.7. The van der Waals surface area contributed by atoms with Crippen LogP contribution in [0.15, 0.2) is 0 Å². The number of hydrogen-bond acceptors (Lipinski definition) is 3. The quantitative estimate of drug-likeness (QED) is 0.614. The van der Waals surface area contributed by atoms with Gasteiger partial charge in [0.05, 0.1) is 11.1 Å². The third kappa shape index (κ3) is 5.14. The van der Waals surface area contributed by atoms with Crippen molar-refractivity contribution >= 4 is 5.91 Å². The Morgan fingerprint density at radius 3 is 2.33 bits per heavy atom. The van der Waals surface area contributed by atoms with Gasteiger partial charge in [-0.05, 0) is 26.7 Å². The van der Waals surface area contributed by atoms with Crippen LogP contribution < -0.4 is 11.1 Å². The standard InChI is InChI=1S/C11H24N2O2/c1-5-7-11(4,12)9(14)13-8-10(3,15)6-2/h15H,5-8,12H2,1-4H3,(H,13,14). The van der Waals surface area contributed by atoms with E-state index in [1.54, 1.807) is 13.8 Å². The van der Waals surface area contributed by atoms with E-state index in [4.69, 9.17) is 5.73 Å². The lowest BCUT2D eigenvalue weighted by Crippen LogP contribution is -2.54. The van der Waals surface area contributed by atoms with Crippen LogP contribution in [0.3, 0.4) is 0 Å². The zero-order valence-electron chi connectivity index (χ0n) is 10.3. The van der Waals surface area contributed by atoms with Gasteiger partial charge in [-0.25, -0.2) is 0 Å². The van der Waals surface area contributed by atoms with Gasteiger partial charge in [-0.2, -0.15) is 0 Å². The first-order chi connectivity index (χ1) is 6.75. The Morgan fingerprint density at radius 2 is 1.93 bits per heavy atom. The summed E-state index contributed by atoms with van der Waals surface area (Å²) in [7, 11) is 0.